The van der Waals surface area contributed by atoms with E-state index >= 15 is 0 Å². The van der Waals surface area contributed by atoms with Crippen LogP contribution in [0.2, 0.25) is 0 Å². The van der Waals surface area contributed by atoms with E-state index in [0.717, 1.165) is 40.0 Å². The van der Waals surface area contributed by atoms with E-state index in [1.165, 1.54) is 12.1 Å². The van der Waals surface area contributed by atoms with Gasteiger partial charge in [-0.3, -0.25) is 14.7 Å². The molecule has 1 fully saturated rings. The molecule has 2 aliphatic rings. The van der Waals surface area contributed by atoms with Gasteiger partial charge in [0.05, 0.1) is 46.8 Å². The van der Waals surface area contributed by atoms with Crippen LogP contribution >= 0.6 is 11.3 Å². The van der Waals surface area contributed by atoms with Gasteiger partial charge in [-0.05, 0) is 60.7 Å². The van der Waals surface area contributed by atoms with E-state index in [0.29, 0.717) is 44.3 Å². The fourth-order valence-corrected chi connectivity index (χ4v) is 5.25. The van der Waals surface area contributed by atoms with Gasteiger partial charge in [-0.25, -0.2) is 9.37 Å². The van der Waals surface area contributed by atoms with Gasteiger partial charge >= 0.3 is 0 Å². The number of fused-ring (bicyclic) bond motifs is 1. The fourth-order valence-electron chi connectivity index (χ4n) is 4.59. The van der Waals surface area contributed by atoms with Crippen LogP contribution in [0.3, 0.4) is 0 Å². The number of carbonyl (C=O) groups excluding carboxylic acids is 1. The zero-order chi connectivity index (χ0) is 24.9. The van der Waals surface area contributed by atoms with Crippen LogP contribution in [0.15, 0.2) is 71.5 Å². The molecule has 2 aliphatic heterocycles. The third-order valence-electron chi connectivity index (χ3n) is 6.55. The smallest absolute Gasteiger partial charge is 0.257 e. The van der Waals surface area contributed by atoms with E-state index in [1.807, 2.05) is 46.8 Å². The Labute approximate surface area is 213 Å². The van der Waals surface area contributed by atoms with Crippen molar-refractivity contribution in [2.75, 3.05) is 45.3 Å². The van der Waals surface area contributed by atoms with Gasteiger partial charge in [-0.15, -0.1) is 11.3 Å². The zero-order valence-electron chi connectivity index (χ0n) is 20.2. The third kappa shape index (κ3) is 5.59. The summed E-state index contributed by atoms with van der Waals surface area (Å²) in [5.41, 5.74) is 6.05. The Kier molecular flexibility index (Phi) is 7.60. The highest BCUT2D eigenvalue weighted by Crippen LogP contribution is 2.31. The quantitative estimate of drug-likeness (QED) is 0.436. The van der Waals surface area contributed by atoms with Crippen molar-refractivity contribution >= 4 is 33.1 Å². The topological polar surface area (TPSA) is 66.9 Å². The second kappa shape index (κ2) is 11.2. The van der Waals surface area contributed by atoms with Gasteiger partial charge in [0.2, 0.25) is 0 Å². The number of nitrogens with one attached hydrogen (secondary N) is 1. The minimum atomic E-state index is -0.228. The van der Waals surface area contributed by atoms with Crippen LogP contribution in [0, 0.1) is 5.82 Å². The summed E-state index contributed by atoms with van der Waals surface area (Å²) >= 11 is 1.60. The minimum absolute atomic E-state index is 0.0407. The van der Waals surface area contributed by atoms with Crippen molar-refractivity contribution in [1.29, 1.82) is 0 Å². The lowest BCUT2D eigenvalue weighted by Gasteiger charge is -2.34. The number of ether oxygens (including phenoxy) is 1. The van der Waals surface area contributed by atoms with Crippen molar-refractivity contribution in [3.8, 4) is 0 Å². The first kappa shape index (κ1) is 24.4. The van der Waals surface area contributed by atoms with Gasteiger partial charge in [0.25, 0.3) is 5.91 Å². The van der Waals surface area contributed by atoms with Gasteiger partial charge < -0.3 is 15.0 Å². The number of hydrogen-bond acceptors (Lipinski definition) is 7. The Morgan fingerprint density at radius 1 is 1.17 bits per heavy atom. The number of amides is 1. The van der Waals surface area contributed by atoms with Crippen LogP contribution in [-0.4, -0.2) is 60.8 Å². The molecule has 1 saturated heterocycles. The monoisotopic (exact) mass is 508 g/mol. The van der Waals surface area contributed by atoms with Crippen molar-refractivity contribution in [3.63, 3.8) is 0 Å². The van der Waals surface area contributed by atoms with E-state index in [2.05, 4.69) is 10.3 Å². The number of hydroxylamine groups is 2. The molecule has 188 valence electrons. The molecule has 0 radical (unpaired) electrons. The normalized spacial score (nSPS) is 16.7. The summed E-state index contributed by atoms with van der Waals surface area (Å²) in [5, 5.41) is 5.10. The maximum absolute atomic E-state index is 13.7. The molecule has 2 aromatic carbocycles. The van der Waals surface area contributed by atoms with E-state index in [-0.39, 0.29) is 11.7 Å². The van der Waals surface area contributed by atoms with Crippen molar-refractivity contribution < 1.29 is 18.8 Å². The standard InChI is InChI=1S/C27H29FN4O3S/c1-34-14-15-35-32-13-10-24(30-22-6-7-26-25(16-22)29-18-36-26)23(17-32)27(33)31-11-8-20(9-12-31)19-2-4-21(28)5-3-19/h2-7,10,16-18,20,30H,8-9,11-15H2,1H3. The zero-order valence-corrected chi connectivity index (χ0v) is 21.0. The first-order valence-corrected chi connectivity index (χ1v) is 12.9. The first-order chi connectivity index (χ1) is 17.6. The minimum Gasteiger partial charge on any atom is -0.382 e. The lowest BCUT2D eigenvalue weighted by Crippen LogP contribution is -2.40. The molecule has 0 spiro atoms. The number of rotatable bonds is 8. The lowest BCUT2D eigenvalue weighted by molar-refractivity contribution is -0.133. The number of likely N-dealkylation sites (tertiary alicyclic amines) is 1. The van der Waals surface area contributed by atoms with Crippen LogP contribution in [0.4, 0.5) is 10.1 Å². The molecule has 1 aromatic heterocycles. The average molecular weight is 509 g/mol. The molecule has 0 aliphatic carbocycles. The molecular weight excluding hydrogens is 479 g/mol. The summed E-state index contributed by atoms with van der Waals surface area (Å²) < 4.78 is 19.5. The highest BCUT2D eigenvalue weighted by atomic mass is 32.1. The molecule has 9 heteroatoms. The van der Waals surface area contributed by atoms with Gasteiger partial charge in [-0.2, -0.15) is 0 Å². The Morgan fingerprint density at radius 3 is 2.75 bits per heavy atom. The van der Waals surface area contributed by atoms with Gasteiger partial charge in [0, 0.05) is 32.1 Å². The Hall–Kier alpha value is -3.27. The second-order valence-electron chi connectivity index (χ2n) is 8.86. The average Bonchev–Trinajstić information content (AvgIpc) is 3.38. The largest absolute Gasteiger partial charge is 0.382 e. The number of methoxy groups -OCH3 is 1. The molecule has 0 bridgehead atoms. The summed E-state index contributed by atoms with van der Waals surface area (Å²) in [6.45, 7) is 2.65. The van der Waals surface area contributed by atoms with Crippen LogP contribution < -0.4 is 5.32 Å². The number of thiazole rings is 1. The summed E-state index contributed by atoms with van der Waals surface area (Å²) in [4.78, 5) is 25.8. The SMILES string of the molecule is COCCON1C=C(C(=O)N2CCC(c3ccc(F)cc3)CC2)C(Nc2ccc3scnc3c2)=CC1. The maximum atomic E-state index is 13.7. The summed E-state index contributed by atoms with van der Waals surface area (Å²) in [6.07, 6.45) is 5.42. The highest BCUT2D eigenvalue weighted by Gasteiger charge is 2.29. The molecule has 0 unspecified atom stereocenters. The van der Waals surface area contributed by atoms with Crippen molar-refractivity contribution in [2.24, 2.45) is 0 Å². The van der Waals surface area contributed by atoms with Gasteiger partial charge in [0.15, 0.2) is 0 Å². The highest BCUT2D eigenvalue weighted by molar-refractivity contribution is 7.16. The number of piperidine rings is 1. The van der Waals surface area contributed by atoms with Crippen molar-refractivity contribution in [2.45, 2.75) is 18.8 Å². The third-order valence-corrected chi connectivity index (χ3v) is 7.36. The Morgan fingerprint density at radius 2 is 1.97 bits per heavy atom. The first-order valence-electron chi connectivity index (χ1n) is 12.1. The number of benzene rings is 2. The molecule has 0 saturated carbocycles. The molecule has 7 nitrogen and oxygen atoms in total. The molecular formula is C27H29FN4O3S. The molecule has 3 aromatic rings. The molecule has 5 rings (SSSR count). The number of aromatic nitrogens is 1. The van der Waals surface area contributed by atoms with Crippen LogP contribution in [0.1, 0.15) is 24.3 Å². The van der Waals surface area contributed by atoms with Crippen LogP contribution in [0.25, 0.3) is 10.2 Å². The summed E-state index contributed by atoms with van der Waals surface area (Å²) in [6, 6.07) is 12.7. The summed E-state index contributed by atoms with van der Waals surface area (Å²) in [5.74, 6) is 0.0524. The second-order valence-corrected chi connectivity index (χ2v) is 9.75. The Balaban J connectivity index is 1.30. The Bertz CT molecular complexity index is 1270. The van der Waals surface area contributed by atoms with Gasteiger partial charge in [-0.1, -0.05) is 12.1 Å². The van der Waals surface area contributed by atoms with Gasteiger partial charge in [0.1, 0.15) is 5.82 Å². The van der Waals surface area contributed by atoms with Crippen LogP contribution in [-0.2, 0) is 14.4 Å². The number of halogens is 1. The van der Waals surface area contributed by atoms with Crippen molar-refractivity contribution in [3.05, 3.63) is 82.9 Å². The maximum Gasteiger partial charge on any atom is 0.257 e. The van der Waals surface area contributed by atoms with Crippen molar-refractivity contribution in [1.82, 2.24) is 14.9 Å². The predicted molar refractivity (Wildman–Crippen MR) is 139 cm³/mol. The van der Waals surface area contributed by atoms with E-state index in [4.69, 9.17) is 9.57 Å². The number of anilines is 1. The molecule has 36 heavy (non-hydrogen) atoms. The number of nitrogens with zero attached hydrogens (tertiary/aromatic N) is 3. The summed E-state index contributed by atoms with van der Waals surface area (Å²) in [7, 11) is 1.63. The predicted octanol–water partition coefficient (Wildman–Crippen LogP) is 4.91. The van der Waals surface area contributed by atoms with E-state index in [1.54, 1.807) is 29.7 Å². The number of hydrogen-bond donors (Lipinski definition) is 1. The molecule has 0 atom stereocenters. The molecule has 3 heterocycles. The molecule has 1 N–H and O–H groups in total. The lowest BCUT2D eigenvalue weighted by atomic mass is 9.89. The van der Waals surface area contributed by atoms with E-state index < -0.39 is 0 Å². The fraction of sp³-hybridized carbons (Fsp3) is 0.333. The van der Waals surface area contributed by atoms with Crippen LogP contribution in [0.5, 0.6) is 0 Å². The molecule has 1 amide bonds. The van der Waals surface area contributed by atoms with E-state index in [9.17, 15) is 9.18 Å². The number of carbonyl (C=O) groups is 1.